The molecule has 0 saturated carbocycles. The first-order chi connectivity index (χ1) is 10.5. The van der Waals surface area contributed by atoms with Crippen LogP contribution in [0.2, 0.25) is 0 Å². The number of carbonyl (C=O) groups excluding carboxylic acids is 1. The number of carbonyl (C=O) groups is 1. The van der Waals surface area contributed by atoms with Crippen molar-refractivity contribution in [3.63, 3.8) is 0 Å². The van der Waals surface area contributed by atoms with E-state index in [0.29, 0.717) is 12.2 Å². The van der Waals surface area contributed by atoms with Gasteiger partial charge in [-0.1, -0.05) is 13.0 Å². The Bertz CT molecular complexity index is 684. The average molecular weight is 317 g/mol. The number of amides is 1. The predicted molar refractivity (Wildman–Crippen MR) is 92.5 cm³/mol. The van der Waals surface area contributed by atoms with E-state index in [2.05, 4.69) is 38.5 Å². The first kappa shape index (κ1) is 16.5. The normalized spacial score (nSPS) is 10.7. The summed E-state index contributed by atoms with van der Waals surface area (Å²) in [5.41, 5.74) is 2.65. The Morgan fingerprint density at radius 2 is 2.18 bits per heavy atom. The quantitative estimate of drug-likeness (QED) is 0.758. The maximum Gasteiger partial charge on any atom is 0.272 e. The molecule has 0 saturated heterocycles. The molecule has 0 atom stereocenters. The number of aromatic nitrogens is 2. The SMILES string of the molecule is C=CCN(C)C(=O)c1cc(-c2cc(C)sc2C)nn1CCC. The van der Waals surface area contributed by atoms with E-state index in [1.807, 2.05) is 10.7 Å². The highest BCUT2D eigenvalue weighted by molar-refractivity contribution is 7.12. The summed E-state index contributed by atoms with van der Waals surface area (Å²) in [7, 11) is 1.78. The Balaban J connectivity index is 2.43. The van der Waals surface area contributed by atoms with E-state index >= 15 is 0 Å². The lowest BCUT2D eigenvalue weighted by Crippen LogP contribution is -2.29. The van der Waals surface area contributed by atoms with Gasteiger partial charge in [-0.2, -0.15) is 5.10 Å². The molecule has 2 heterocycles. The fourth-order valence-corrected chi connectivity index (χ4v) is 3.39. The number of hydrogen-bond donors (Lipinski definition) is 0. The van der Waals surface area contributed by atoms with Gasteiger partial charge in [0.05, 0.1) is 5.69 Å². The summed E-state index contributed by atoms with van der Waals surface area (Å²) in [4.78, 5) is 16.7. The summed E-state index contributed by atoms with van der Waals surface area (Å²) < 4.78 is 1.82. The summed E-state index contributed by atoms with van der Waals surface area (Å²) in [5, 5.41) is 4.66. The molecule has 2 aromatic rings. The van der Waals surface area contributed by atoms with E-state index in [1.165, 1.54) is 9.75 Å². The molecule has 0 N–H and O–H groups in total. The molecule has 0 bridgehead atoms. The average Bonchev–Trinajstić information content (AvgIpc) is 3.02. The molecule has 0 unspecified atom stereocenters. The van der Waals surface area contributed by atoms with Crippen LogP contribution in [0.25, 0.3) is 11.3 Å². The molecule has 118 valence electrons. The van der Waals surface area contributed by atoms with Gasteiger partial charge >= 0.3 is 0 Å². The van der Waals surface area contributed by atoms with Gasteiger partial charge in [0, 0.05) is 35.5 Å². The van der Waals surface area contributed by atoms with Crippen LogP contribution in [0.15, 0.2) is 24.8 Å². The Labute approximate surface area is 136 Å². The van der Waals surface area contributed by atoms with E-state index in [0.717, 1.165) is 24.2 Å². The van der Waals surface area contributed by atoms with Gasteiger partial charge in [-0.25, -0.2) is 0 Å². The van der Waals surface area contributed by atoms with Crippen LogP contribution in [0, 0.1) is 13.8 Å². The summed E-state index contributed by atoms with van der Waals surface area (Å²) in [6.45, 7) is 11.2. The van der Waals surface area contributed by atoms with Crippen LogP contribution in [-0.2, 0) is 6.54 Å². The van der Waals surface area contributed by atoms with Crippen molar-refractivity contribution < 1.29 is 4.79 Å². The zero-order chi connectivity index (χ0) is 16.3. The molecule has 0 aliphatic rings. The Hall–Kier alpha value is -1.88. The fourth-order valence-electron chi connectivity index (χ4n) is 2.46. The van der Waals surface area contributed by atoms with E-state index in [4.69, 9.17) is 0 Å². The molecule has 0 aromatic carbocycles. The summed E-state index contributed by atoms with van der Waals surface area (Å²) >= 11 is 1.76. The molecule has 22 heavy (non-hydrogen) atoms. The third-order valence-corrected chi connectivity index (χ3v) is 4.47. The molecule has 0 aliphatic carbocycles. The van der Waals surface area contributed by atoms with E-state index in [9.17, 15) is 4.79 Å². The summed E-state index contributed by atoms with van der Waals surface area (Å²) in [5.74, 6) is -0.0169. The Morgan fingerprint density at radius 3 is 2.73 bits per heavy atom. The van der Waals surface area contributed by atoms with Gasteiger partial charge in [-0.15, -0.1) is 17.9 Å². The summed E-state index contributed by atoms with van der Waals surface area (Å²) in [6, 6.07) is 4.05. The molecule has 5 heteroatoms. The second-order valence-electron chi connectivity index (χ2n) is 5.44. The first-order valence-electron chi connectivity index (χ1n) is 7.49. The van der Waals surface area contributed by atoms with Crippen molar-refractivity contribution in [2.75, 3.05) is 13.6 Å². The van der Waals surface area contributed by atoms with Gasteiger partial charge < -0.3 is 4.90 Å². The smallest absolute Gasteiger partial charge is 0.272 e. The van der Waals surface area contributed by atoms with E-state index in [1.54, 1.807) is 29.4 Å². The van der Waals surface area contributed by atoms with Crippen LogP contribution < -0.4 is 0 Å². The third kappa shape index (κ3) is 3.30. The zero-order valence-electron chi connectivity index (χ0n) is 13.7. The molecule has 0 spiro atoms. The maximum atomic E-state index is 12.6. The van der Waals surface area contributed by atoms with Crippen LogP contribution in [-0.4, -0.2) is 34.2 Å². The highest BCUT2D eigenvalue weighted by Gasteiger charge is 2.20. The van der Waals surface area contributed by atoms with Gasteiger partial charge in [0.1, 0.15) is 5.69 Å². The van der Waals surface area contributed by atoms with Crippen molar-refractivity contribution in [3.05, 3.63) is 40.2 Å². The van der Waals surface area contributed by atoms with E-state index < -0.39 is 0 Å². The molecule has 1 amide bonds. The van der Waals surface area contributed by atoms with Crippen molar-refractivity contribution in [1.82, 2.24) is 14.7 Å². The van der Waals surface area contributed by atoms with Crippen molar-refractivity contribution in [1.29, 1.82) is 0 Å². The number of nitrogens with zero attached hydrogens (tertiary/aromatic N) is 3. The minimum absolute atomic E-state index is 0.0169. The topological polar surface area (TPSA) is 38.1 Å². The van der Waals surface area contributed by atoms with Crippen molar-refractivity contribution >= 4 is 17.2 Å². The van der Waals surface area contributed by atoms with Crippen molar-refractivity contribution in [2.24, 2.45) is 0 Å². The molecule has 0 radical (unpaired) electrons. The van der Waals surface area contributed by atoms with Crippen LogP contribution in [0.5, 0.6) is 0 Å². The molecular weight excluding hydrogens is 294 g/mol. The summed E-state index contributed by atoms with van der Waals surface area (Å²) in [6.07, 6.45) is 2.67. The van der Waals surface area contributed by atoms with Crippen LogP contribution >= 0.6 is 11.3 Å². The molecule has 2 aromatic heterocycles. The second-order valence-corrected chi connectivity index (χ2v) is 6.90. The molecule has 0 fully saturated rings. The van der Waals surface area contributed by atoms with Crippen LogP contribution in [0.3, 0.4) is 0 Å². The van der Waals surface area contributed by atoms with Gasteiger partial charge in [0.15, 0.2) is 0 Å². The van der Waals surface area contributed by atoms with Gasteiger partial charge in [0.25, 0.3) is 5.91 Å². The lowest BCUT2D eigenvalue weighted by atomic mass is 10.1. The van der Waals surface area contributed by atoms with Crippen molar-refractivity contribution in [3.8, 4) is 11.3 Å². The number of rotatable bonds is 6. The highest BCUT2D eigenvalue weighted by atomic mass is 32.1. The van der Waals surface area contributed by atoms with Gasteiger partial charge in [-0.3, -0.25) is 9.48 Å². The lowest BCUT2D eigenvalue weighted by Gasteiger charge is -2.15. The first-order valence-corrected chi connectivity index (χ1v) is 8.31. The molecular formula is C17H23N3OS. The van der Waals surface area contributed by atoms with Crippen LogP contribution in [0.1, 0.15) is 33.6 Å². The van der Waals surface area contributed by atoms with E-state index in [-0.39, 0.29) is 5.91 Å². The molecule has 0 aliphatic heterocycles. The number of likely N-dealkylation sites (N-methyl/N-ethyl adjacent to an activating group) is 1. The maximum absolute atomic E-state index is 12.6. The lowest BCUT2D eigenvalue weighted by molar-refractivity contribution is 0.0797. The highest BCUT2D eigenvalue weighted by Crippen LogP contribution is 2.30. The van der Waals surface area contributed by atoms with Crippen LogP contribution in [0.4, 0.5) is 0 Å². The van der Waals surface area contributed by atoms with Crippen molar-refractivity contribution in [2.45, 2.75) is 33.7 Å². The minimum Gasteiger partial charge on any atom is -0.337 e. The second kappa shape index (κ2) is 6.92. The molecule has 2 rings (SSSR count). The predicted octanol–water partition coefficient (Wildman–Crippen LogP) is 3.90. The fraction of sp³-hybridized carbons (Fsp3) is 0.412. The largest absolute Gasteiger partial charge is 0.337 e. The number of hydrogen-bond acceptors (Lipinski definition) is 3. The Morgan fingerprint density at radius 1 is 1.45 bits per heavy atom. The van der Waals surface area contributed by atoms with Gasteiger partial charge in [-0.05, 0) is 32.4 Å². The third-order valence-electron chi connectivity index (χ3n) is 3.50. The minimum atomic E-state index is -0.0169. The van der Waals surface area contributed by atoms with Gasteiger partial charge in [0.2, 0.25) is 0 Å². The number of thiophene rings is 1. The zero-order valence-corrected chi connectivity index (χ0v) is 14.5. The molecule has 4 nitrogen and oxygen atoms in total. The monoisotopic (exact) mass is 317 g/mol. The Kier molecular flexibility index (Phi) is 5.19. The standard InChI is InChI=1S/C17H23N3OS/c1-6-8-19(5)17(21)16-11-15(18-20(16)9-7-2)14-10-12(3)22-13(14)4/h6,10-11H,1,7-9H2,2-5H3. The number of aryl methyl sites for hydroxylation is 3.